The van der Waals surface area contributed by atoms with Crippen molar-refractivity contribution in [3.8, 4) is 0 Å². The molecule has 6 rings (SSSR count). The van der Waals surface area contributed by atoms with E-state index in [-0.39, 0.29) is 0 Å². The fourth-order valence-electron chi connectivity index (χ4n) is 8.09. The molecule has 1 spiro atoms. The second-order valence-corrected chi connectivity index (χ2v) is 11.0. The van der Waals surface area contributed by atoms with E-state index in [2.05, 4.69) is 10.2 Å². The van der Waals surface area contributed by atoms with Crippen molar-refractivity contribution >= 4 is 0 Å². The first-order valence-electron chi connectivity index (χ1n) is 12.9. The molecule has 0 radical (unpaired) electrons. The number of piperidine rings is 1. The van der Waals surface area contributed by atoms with Gasteiger partial charge in [0.15, 0.2) is 0 Å². The fourth-order valence-corrected chi connectivity index (χ4v) is 8.09. The van der Waals surface area contributed by atoms with Gasteiger partial charge in [-0.15, -0.1) is 0 Å². The molecule has 0 aromatic carbocycles. The maximum atomic E-state index is 6.07. The lowest BCUT2D eigenvalue weighted by atomic mass is 9.63. The molecule has 3 nitrogen and oxygen atoms in total. The number of morpholine rings is 1. The first kappa shape index (κ1) is 19.8. The minimum Gasteiger partial charge on any atom is -0.378 e. The third-order valence-corrected chi connectivity index (χ3v) is 9.58. The summed E-state index contributed by atoms with van der Waals surface area (Å²) in [5, 5.41) is 4.01. The minimum absolute atomic E-state index is 0.315. The molecule has 2 bridgehead atoms. The van der Waals surface area contributed by atoms with E-state index in [4.69, 9.17) is 4.74 Å². The molecule has 5 unspecified atom stereocenters. The average molecular weight is 389 g/mol. The zero-order valence-corrected chi connectivity index (χ0v) is 18.2. The van der Waals surface area contributed by atoms with E-state index in [9.17, 15) is 0 Å². The van der Waals surface area contributed by atoms with Gasteiger partial charge in [0.05, 0.1) is 13.2 Å². The Morgan fingerprint density at radius 1 is 0.750 bits per heavy atom. The lowest BCUT2D eigenvalue weighted by Crippen LogP contribution is -2.62. The monoisotopic (exact) mass is 388 g/mol. The predicted octanol–water partition coefficient (Wildman–Crippen LogP) is 5.00. The third kappa shape index (κ3) is 4.05. The summed E-state index contributed by atoms with van der Waals surface area (Å²) < 4.78 is 6.07. The molecule has 4 saturated heterocycles. The third-order valence-electron chi connectivity index (χ3n) is 9.58. The highest BCUT2D eigenvalue weighted by atomic mass is 16.5. The smallest absolute Gasteiger partial charge is 0.0651 e. The molecule has 6 aliphatic rings. The molecule has 6 fully saturated rings. The zero-order chi connectivity index (χ0) is 18.8. The first-order chi connectivity index (χ1) is 13.8. The van der Waals surface area contributed by atoms with Crippen LogP contribution in [-0.2, 0) is 4.74 Å². The van der Waals surface area contributed by atoms with Gasteiger partial charge in [0.2, 0.25) is 0 Å². The minimum atomic E-state index is 0.315. The second-order valence-electron chi connectivity index (χ2n) is 11.0. The van der Waals surface area contributed by atoms with Crippen molar-refractivity contribution in [1.82, 2.24) is 10.2 Å². The molecule has 5 atom stereocenters. The predicted molar refractivity (Wildman–Crippen MR) is 116 cm³/mol. The molecule has 3 heteroatoms. The molecule has 4 aliphatic heterocycles. The Labute approximate surface area is 173 Å². The van der Waals surface area contributed by atoms with Crippen LogP contribution in [0.15, 0.2) is 0 Å². The lowest BCUT2D eigenvalue weighted by Gasteiger charge is -2.51. The normalized spacial score (nSPS) is 48.0. The lowest BCUT2D eigenvalue weighted by molar-refractivity contribution is -0.0461. The summed E-state index contributed by atoms with van der Waals surface area (Å²) in [5.74, 6) is 3.80. The molecule has 0 aromatic rings. The Hall–Kier alpha value is -0.120. The molecule has 2 saturated carbocycles. The van der Waals surface area contributed by atoms with E-state index < -0.39 is 0 Å². The summed E-state index contributed by atoms with van der Waals surface area (Å²) in [7, 11) is 0. The van der Waals surface area contributed by atoms with Crippen LogP contribution in [0.4, 0.5) is 0 Å². The van der Waals surface area contributed by atoms with Crippen LogP contribution >= 0.6 is 0 Å². The Kier molecular flexibility index (Phi) is 6.33. The summed E-state index contributed by atoms with van der Waals surface area (Å²) in [4.78, 5) is 2.93. The first-order valence-corrected chi connectivity index (χ1v) is 12.9. The van der Waals surface area contributed by atoms with E-state index in [0.717, 1.165) is 49.5 Å². The van der Waals surface area contributed by atoms with Gasteiger partial charge < -0.3 is 15.0 Å². The van der Waals surface area contributed by atoms with Crippen LogP contribution in [0.2, 0.25) is 0 Å². The number of nitrogens with zero attached hydrogens (tertiary/aromatic N) is 1. The van der Waals surface area contributed by atoms with Crippen LogP contribution in [0.5, 0.6) is 0 Å². The van der Waals surface area contributed by atoms with Crippen LogP contribution in [0, 0.1) is 23.7 Å². The summed E-state index contributed by atoms with van der Waals surface area (Å²) in [6, 6.07) is 0.928. The van der Waals surface area contributed by atoms with Crippen molar-refractivity contribution < 1.29 is 4.74 Å². The Morgan fingerprint density at radius 2 is 1.54 bits per heavy atom. The number of hydrogen-bond acceptors (Lipinski definition) is 3. The summed E-state index contributed by atoms with van der Waals surface area (Å²) in [6.07, 6.45) is 20.6. The molecule has 160 valence electrons. The van der Waals surface area contributed by atoms with Crippen LogP contribution in [0.25, 0.3) is 0 Å². The Balaban J connectivity index is 1.34. The summed E-state index contributed by atoms with van der Waals surface area (Å²) in [5.41, 5.74) is 0.315. The van der Waals surface area contributed by atoms with Crippen LogP contribution in [-0.4, -0.2) is 49.3 Å². The van der Waals surface area contributed by atoms with Gasteiger partial charge in [-0.05, 0) is 81.7 Å². The Bertz CT molecular complexity index is 489. The number of ether oxygens (including phenoxy) is 1. The molecule has 2 aliphatic carbocycles. The fraction of sp³-hybridized carbons (Fsp3) is 1.00. The SMILES string of the molecule is C1CCC2C(C1)CCCC1CCCC3(COCCN3)C1CCC1CCN2CC1. The highest BCUT2D eigenvalue weighted by Gasteiger charge is 2.46. The van der Waals surface area contributed by atoms with Gasteiger partial charge in [0.1, 0.15) is 0 Å². The van der Waals surface area contributed by atoms with Gasteiger partial charge in [-0.25, -0.2) is 0 Å². The van der Waals surface area contributed by atoms with Crippen molar-refractivity contribution in [3.05, 3.63) is 0 Å². The quantitative estimate of drug-likeness (QED) is 0.632. The molecule has 1 N–H and O–H groups in total. The number of hydrogen-bond donors (Lipinski definition) is 1. The number of fused-ring (bicyclic) bond motifs is 5. The summed E-state index contributed by atoms with van der Waals surface area (Å²) in [6.45, 7) is 5.77. The van der Waals surface area contributed by atoms with Gasteiger partial charge >= 0.3 is 0 Å². The van der Waals surface area contributed by atoms with Crippen molar-refractivity contribution in [2.24, 2.45) is 23.7 Å². The molecule has 4 heterocycles. The number of nitrogens with one attached hydrogen (secondary N) is 1. The van der Waals surface area contributed by atoms with Gasteiger partial charge in [-0.1, -0.05) is 44.9 Å². The highest BCUT2D eigenvalue weighted by molar-refractivity contribution is 5.02. The Morgan fingerprint density at radius 3 is 2.39 bits per heavy atom. The number of rotatable bonds is 0. The van der Waals surface area contributed by atoms with Gasteiger partial charge in [0.25, 0.3) is 0 Å². The maximum Gasteiger partial charge on any atom is 0.0651 e. The van der Waals surface area contributed by atoms with Crippen LogP contribution in [0.1, 0.15) is 89.9 Å². The topological polar surface area (TPSA) is 24.5 Å². The average Bonchev–Trinajstić information content (AvgIpc) is 2.76. The van der Waals surface area contributed by atoms with Gasteiger partial charge in [0, 0.05) is 18.1 Å². The molecule has 28 heavy (non-hydrogen) atoms. The second kappa shape index (κ2) is 8.94. The zero-order valence-electron chi connectivity index (χ0n) is 18.2. The molecular formula is C25H44N2O. The van der Waals surface area contributed by atoms with Crippen molar-refractivity contribution in [2.75, 3.05) is 32.8 Å². The molecular weight excluding hydrogens is 344 g/mol. The maximum absolute atomic E-state index is 6.07. The van der Waals surface area contributed by atoms with Crippen molar-refractivity contribution in [1.29, 1.82) is 0 Å². The van der Waals surface area contributed by atoms with E-state index in [0.29, 0.717) is 5.54 Å². The standard InChI is InChI=1S/C25H44N2O/c1-2-9-24-22(5-1)7-3-6-21-8-4-14-25(19-28-18-15-26-25)23(21)11-10-20-12-16-27(24)17-13-20/h20-24,26H,1-19H2. The largest absolute Gasteiger partial charge is 0.378 e. The summed E-state index contributed by atoms with van der Waals surface area (Å²) >= 11 is 0. The van der Waals surface area contributed by atoms with E-state index in [1.54, 1.807) is 0 Å². The van der Waals surface area contributed by atoms with E-state index in [1.807, 2.05) is 0 Å². The van der Waals surface area contributed by atoms with Crippen molar-refractivity contribution in [2.45, 2.75) is 101 Å². The van der Waals surface area contributed by atoms with Crippen LogP contribution in [0.3, 0.4) is 0 Å². The molecule has 0 amide bonds. The highest BCUT2D eigenvalue weighted by Crippen LogP contribution is 2.46. The van der Waals surface area contributed by atoms with E-state index >= 15 is 0 Å². The van der Waals surface area contributed by atoms with Crippen molar-refractivity contribution in [3.63, 3.8) is 0 Å². The molecule has 0 aromatic heterocycles. The van der Waals surface area contributed by atoms with E-state index in [1.165, 1.54) is 103 Å². The van der Waals surface area contributed by atoms with Crippen LogP contribution < -0.4 is 5.32 Å². The van der Waals surface area contributed by atoms with Gasteiger partial charge in [-0.3, -0.25) is 0 Å². The van der Waals surface area contributed by atoms with Gasteiger partial charge in [-0.2, -0.15) is 0 Å².